The highest BCUT2D eigenvalue weighted by Gasteiger charge is 2.31. The van der Waals surface area contributed by atoms with Crippen molar-refractivity contribution in [2.45, 2.75) is 12.3 Å². The number of urea groups is 1. The predicted molar refractivity (Wildman–Crippen MR) is 86.5 cm³/mol. The summed E-state index contributed by atoms with van der Waals surface area (Å²) in [6.07, 6.45) is -4.20. The van der Waals surface area contributed by atoms with Crippen LogP contribution in [-0.4, -0.2) is 31.8 Å². The van der Waals surface area contributed by atoms with E-state index >= 15 is 0 Å². The molecule has 9 heteroatoms. The zero-order valence-electron chi connectivity index (χ0n) is 13.6. The average molecular weight is 357 g/mol. The van der Waals surface area contributed by atoms with Gasteiger partial charge < -0.3 is 25.1 Å². The molecule has 0 saturated carbocycles. The Labute approximate surface area is 142 Å². The van der Waals surface area contributed by atoms with E-state index in [4.69, 9.17) is 4.42 Å². The Morgan fingerprint density at radius 2 is 2.04 bits per heavy atom. The number of alkyl halides is 3. The molecule has 0 fully saturated rings. The number of hydrogen-bond acceptors (Lipinski definition) is 4. The second kappa shape index (κ2) is 7.47. The van der Waals surface area contributed by atoms with Crippen LogP contribution in [0, 0.1) is 0 Å². The van der Waals surface area contributed by atoms with Crippen molar-refractivity contribution in [2.75, 3.05) is 30.9 Å². The van der Waals surface area contributed by atoms with E-state index < -0.39 is 23.9 Å². The first-order valence-corrected chi connectivity index (χ1v) is 7.33. The number of furan rings is 1. The summed E-state index contributed by atoms with van der Waals surface area (Å²) in [5.41, 5.74) is -0.455. The van der Waals surface area contributed by atoms with Crippen LogP contribution < -0.4 is 15.5 Å². The van der Waals surface area contributed by atoms with Crippen LogP contribution in [0.15, 0.2) is 41.0 Å². The normalized spacial score (nSPS) is 12.6. The van der Waals surface area contributed by atoms with E-state index in [-0.39, 0.29) is 18.0 Å². The van der Waals surface area contributed by atoms with Crippen molar-refractivity contribution in [3.05, 3.63) is 47.9 Å². The minimum absolute atomic E-state index is 0.00446. The fraction of sp³-hybridized carbons (Fsp3) is 0.312. The average Bonchev–Trinajstić information content (AvgIpc) is 3.06. The van der Waals surface area contributed by atoms with Gasteiger partial charge in [0.15, 0.2) is 0 Å². The molecule has 0 radical (unpaired) electrons. The number of benzene rings is 1. The number of carbonyl (C=O) groups excluding carboxylic acids is 1. The summed E-state index contributed by atoms with van der Waals surface area (Å²) in [5.74, 6) is 0.272. The molecule has 136 valence electrons. The molecular formula is C16H18F3N3O3. The van der Waals surface area contributed by atoms with Crippen LogP contribution in [0.25, 0.3) is 0 Å². The zero-order valence-corrected chi connectivity index (χ0v) is 13.6. The van der Waals surface area contributed by atoms with Crippen LogP contribution in [0.5, 0.6) is 0 Å². The monoisotopic (exact) mass is 357 g/mol. The molecule has 1 atom stereocenters. The standard InChI is InChI=1S/C16H18F3N3O3/c1-22(2)12-6-5-10(16(17,18)19)8-11(12)21-15(24)20-9-13(23)14-4-3-7-25-14/h3-8,13,23H,9H2,1-2H3,(H2,20,21,24). The maximum atomic E-state index is 12.9. The van der Waals surface area contributed by atoms with Crippen LogP contribution in [0.3, 0.4) is 0 Å². The van der Waals surface area contributed by atoms with Crippen molar-refractivity contribution in [1.82, 2.24) is 5.32 Å². The SMILES string of the molecule is CN(C)c1ccc(C(F)(F)F)cc1NC(=O)NCC(O)c1ccco1. The van der Waals surface area contributed by atoms with Gasteiger partial charge >= 0.3 is 12.2 Å². The fourth-order valence-corrected chi connectivity index (χ4v) is 2.14. The summed E-state index contributed by atoms with van der Waals surface area (Å²) in [4.78, 5) is 13.5. The van der Waals surface area contributed by atoms with E-state index in [1.807, 2.05) is 0 Å². The molecule has 25 heavy (non-hydrogen) atoms. The molecule has 0 aliphatic heterocycles. The highest BCUT2D eigenvalue weighted by atomic mass is 19.4. The van der Waals surface area contributed by atoms with Gasteiger partial charge in [0.25, 0.3) is 0 Å². The second-order valence-electron chi connectivity index (χ2n) is 5.49. The molecule has 2 aromatic rings. The van der Waals surface area contributed by atoms with E-state index in [0.717, 1.165) is 12.1 Å². The molecule has 0 spiro atoms. The molecule has 1 aromatic heterocycles. The van der Waals surface area contributed by atoms with E-state index in [9.17, 15) is 23.1 Å². The lowest BCUT2D eigenvalue weighted by atomic mass is 10.1. The van der Waals surface area contributed by atoms with Crippen molar-refractivity contribution < 1.29 is 27.5 Å². The minimum Gasteiger partial charge on any atom is -0.467 e. The zero-order chi connectivity index (χ0) is 18.6. The van der Waals surface area contributed by atoms with Crippen LogP contribution in [0.2, 0.25) is 0 Å². The first-order valence-electron chi connectivity index (χ1n) is 7.33. The Morgan fingerprint density at radius 1 is 1.32 bits per heavy atom. The van der Waals surface area contributed by atoms with Crippen molar-refractivity contribution >= 4 is 17.4 Å². The maximum Gasteiger partial charge on any atom is 0.416 e. The van der Waals surface area contributed by atoms with Crippen molar-refractivity contribution in [1.29, 1.82) is 0 Å². The highest BCUT2D eigenvalue weighted by Crippen LogP contribution is 2.34. The third-order valence-electron chi connectivity index (χ3n) is 3.38. The number of aliphatic hydroxyl groups excluding tert-OH is 1. The topological polar surface area (TPSA) is 77.7 Å². The third kappa shape index (κ3) is 4.90. The van der Waals surface area contributed by atoms with Crippen molar-refractivity contribution in [2.24, 2.45) is 0 Å². The van der Waals surface area contributed by atoms with Gasteiger partial charge in [-0.15, -0.1) is 0 Å². The van der Waals surface area contributed by atoms with Gasteiger partial charge in [-0.25, -0.2) is 4.79 Å². The largest absolute Gasteiger partial charge is 0.467 e. The number of nitrogens with one attached hydrogen (secondary N) is 2. The number of rotatable bonds is 5. The van der Waals surface area contributed by atoms with Gasteiger partial charge in [0.1, 0.15) is 11.9 Å². The number of hydrogen-bond donors (Lipinski definition) is 3. The molecular weight excluding hydrogens is 339 g/mol. The van der Waals surface area contributed by atoms with Gasteiger partial charge in [0.2, 0.25) is 0 Å². The van der Waals surface area contributed by atoms with Crippen LogP contribution in [0.1, 0.15) is 17.4 Å². The lowest BCUT2D eigenvalue weighted by molar-refractivity contribution is -0.137. The van der Waals surface area contributed by atoms with E-state index in [1.54, 1.807) is 31.1 Å². The van der Waals surface area contributed by atoms with Crippen molar-refractivity contribution in [3.8, 4) is 0 Å². The lowest BCUT2D eigenvalue weighted by Crippen LogP contribution is -2.33. The molecule has 2 rings (SSSR count). The Balaban J connectivity index is 2.08. The predicted octanol–water partition coefficient (Wildman–Crippen LogP) is 3.22. The van der Waals surface area contributed by atoms with Gasteiger partial charge in [-0.1, -0.05) is 0 Å². The van der Waals surface area contributed by atoms with E-state index in [0.29, 0.717) is 5.69 Å². The molecule has 0 saturated heterocycles. The number of carbonyl (C=O) groups is 1. The van der Waals surface area contributed by atoms with Crippen LogP contribution in [-0.2, 0) is 6.18 Å². The van der Waals surface area contributed by atoms with Gasteiger partial charge in [0, 0.05) is 14.1 Å². The summed E-state index contributed by atoms with van der Waals surface area (Å²) in [6.45, 7) is -0.157. The van der Waals surface area contributed by atoms with Crippen LogP contribution in [0.4, 0.5) is 29.3 Å². The smallest absolute Gasteiger partial charge is 0.416 e. The molecule has 1 unspecified atom stereocenters. The minimum atomic E-state index is -4.52. The molecule has 0 bridgehead atoms. The summed E-state index contributed by atoms with van der Waals surface area (Å²) >= 11 is 0. The summed E-state index contributed by atoms with van der Waals surface area (Å²) in [6, 6.07) is 5.46. The summed E-state index contributed by atoms with van der Waals surface area (Å²) in [7, 11) is 3.29. The maximum absolute atomic E-state index is 12.9. The number of amides is 2. The first-order chi connectivity index (χ1) is 11.7. The van der Waals surface area contributed by atoms with Crippen LogP contribution >= 0.6 is 0 Å². The van der Waals surface area contributed by atoms with Crippen molar-refractivity contribution in [3.63, 3.8) is 0 Å². The second-order valence-corrected chi connectivity index (χ2v) is 5.49. The van der Waals surface area contributed by atoms with Gasteiger partial charge in [-0.3, -0.25) is 0 Å². The Hall–Kier alpha value is -2.68. The molecule has 1 aromatic carbocycles. The molecule has 0 aliphatic carbocycles. The summed E-state index contributed by atoms with van der Waals surface area (Å²) in [5, 5.41) is 14.6. The van der Waals surface area contributed by atoms with E-state index in [2.05, 4.69) is 10.6 Å². The van der Waals surface area contributed by atoms with Gasteiger partial charge in [0.05, 0.1) is 29.7 Å². The molecule has 6 nitrogen and oxygen atoms in total. The number of halogens is 3. The molecule has 3 N–H and O–H groups in total. The van der Waals surface area contributed by atoms with Gasteiger partial charge in [-0.2, -0.15) is 13.2 Å². The molecule has 2 amide bonds. The quantitative estimate of drug-likeness (QED) is 0.768. The number of nitrogens with zero attached hydrogens (tertiary/aromatic N) is 1. The van der Waals surface area contributed by atoms with Gasteiger partial charge in [-0.05, 0) is 30.3 Å². The Bertz CT molecular complexity index is 715. The van der Waals surface area contributed by atoms with E-state index in [1.165, 1.54) is 12.3 Å². The fourth-order valence-electron chi connectivity index (χ4n) is 2.14. The number of anilines is 2. The Kier molecular flexibility index (Phi) is 5.58. The number of aliphatic hydroxyl groups is 1. The molecule has 1 heterocycles. The Morgan fingerprint density at radius 3 is 2.60 bits per heavy atom. The highest BCUT2D eigenvalue weighted by molar-refractivity contribution is 5.93. The lowest BCUT2D eigenvalue weighted by Gasteiger charge is -2.20. The first kappa shape index (κ1) is 18.7. The third-order valence-corrected chi connectivity index (χ3v) is 3.38. The summed E-state index contributed by atoms with van der Waals surface area (Å²) < 4.78 is 43.6. The molecule has 0 aliphatic rings.